The number of nitrogens with one attached hydrogen (secondary N) is 3. The highest BCUT2D eigenvalue weighted by Gasteiger charge is 2.36. The normalized spacial score (nSPS) is 17.1. The molecule has 37 heavy (non-hydrogen) atoms. The molecule has 0 saturated carbocycles. The average molecular weight is 508 g/mol. The third kappa shape index (κ3) is 4.97. The topological polar surface area (TPSA) is 100 Å². The lowest BCUT2D eigenvalue weighted by Crippen LogP contribution is -2.42. The molecule has 2 amide bonds. The molecule has 192 valence electrons. The number of hydrogen-bond donors (Lipinski definition) is 3. The molecule has 0 unspecified atom stereocenters. The maximum Gasteiger partial charge on any atom is 0.320 e. The van der Waals surface area contributed by atoms with E-state index in [1.54, 1.807) is 23.1 Å². The molecule has 2 aromatic carbocycles. The first-order chi connectivity index (χ1) is 17.9. The lowest BCUT2D eigenvalue weighted by atomic mass is 9.94. The van der Waals surface area contributed by atoms with Crippen LogP contribution in [0.4, 0.5) is 25.1 Å². The van der Waals surface area contributed by atoms with Crippen LogP contribution in [0.3, 0.4) is 0 Å². The molecule has 0 radical (unpaired) electrons. The summed E-state index contributed by atoms with van der Waals surface area (Å²) in [4.78, 5) is 15.3. The van der Waals surface area contributed by atoms with Gasteiger partial charge in [-0.05, 0) is 43.7 Å². The van der Waals surface area contributed by atoms with Crippen LogP contribution in [0.25, 0.3) is 5.69 Å². The highest BCUT2D eigenvalue weighted by Crippen LogP contribution is 2.32. The molecule has 0 bridgehead atoms. The first kappa shape index (κ1) is 24.3. The van der Waals surface area contributed by atoms with Gasteiger partial charge < -0.3 is 15.0 Å². The number of aromatic nitrogens is 4. The van der Waals surface area contributed by atoms with E-state index in [9.17, 15) is 13.6 Å². The Morgan fingerprint density at radius 2 is 1.95 bits per heavy atom. The zero-order chi connectivity index (χ0) is 25.9. The molecular weight excluding hydrogens is 480 g/mol. The van der Waals surface area contributed by atoms with Gasteiger partial charge in [0.05, 0.1) is 35.8 Å². The highest BCUT2D eigenvalue weighted by atomic mass is 19.2. The number of para-hydroxylation sites is 1. The van der Waals surface area contributed by atoms with Gasteiger partial charge >= 0.3 is 6.03 Å². The van der Waals surface area contributed by atoms with Crippen molar-refractivity contribution in [2.24, 2.45) is 0 Å². The van der Waals surface area contributed by atoms with E-state index >= 15 is 0 Å². The monoisotopic (exact) mass is 507 g/mol. The van der Waals surface area contributed by atoms with Crippen molar-refractivity contribution in [2.75, 3.05) is 29.9 Å². The van der Waals surface area contributed by atoms with E-state index in [1.165, 1.54) is 6.07 Å². The van der Waals surface area contributed by atoms with Crippen LogP contribution in [0.15, 0.2) is 60.9 Å². The van der Waals surface area contributed by atoms with Gasteiger partial charge in [-0.2, -0.15) is 5.10 Å². The Morgan fingerprint density at radius 1 is 1.14 bits per heavy atom. The number of amides is 2. The summed E-state index contributed by atoms with van der Waals surface area (Å²) in [6.07, 6.45) is 3.43. The number of aromatic amines is 1. The fraction of sp³-hybridized carbons (Fsp3) is 0.269. The van der Waals surface area contributed by atoms with Crippen molar-refractivity contribution in [1.29, 1.82) is 0 Å². The van der Waals surface area contributed by atoms with Gasteiger partial charge in [0.15, 0.2) is 11.6 Å². The average Bonchev–Trinajstić information content (AvgIpc) is 3.63. The van der Waals surface area contributed by atoms with Crippen LogP contribution in [0, 0.1) is 18.6 Å². The van der Waals surface area contributed by atoms with Crippen LogP contribution in [0.1, 0.15) is 24.0 Å². The number of halogens is 2. The Bertz CT molecular complexity index is 1380. The number of benzene rings is 2. The lowest BCUT2D eigenvalue weighted by molar-refractivity contribution is 0.248. The van der Waals surface area contributed by atoms with Gasteiger partial charge in [0.25, 0.3) is 0 Å². The molecule has 2 aromatic heterocycles. The van der Waals surface area contributed by atoms with E-state index in [-0.39, 0.29) is 12.0 Å². The summed E-state index contributed by atoms with van der Waals surface area (Å²) in [5, 5.41) is 17.3. The van der Waals surface area contributed by atoms with E-state index < -0.39 is 17.7 Å². The lowest BCUT2D eigenvalue weighted by Gasteiger charge is -2.21. The summed E-state index contributed by atoms with van der Waals surface area (Å²) < 4.78 is 35.0. The Balaban J connectivity index is 1.41. The smallest absolute Gasteiger partial charge is 0.320 e. The summed E-state index contributed by atoms with van der Waals surface area (Å²) in [7, 11) is 0. The van der Waals surface area contributed by atoms with Crippen LogP contribution >= 0.6 is 0 Å². The number of nitrogens with zero attached hydrogens (tertiary/aromatic N) is 4. The van der Waals surface area contributed by atoms with Crippen LogP contribution < -0.4 is 20.3 Å². The van der Waals surface area contributed by atoms with Gasteiger partial charge in [-0.15, -0.1) is 5.10 Å². The van der Waals surface area contributed by atoms with Crippen molar-refractivity contribution < 1.29 is 18.3 Å². The molecule has 1 aliphatic rings. The van der Waals surface area contributed by atoms with Crippen molar-refractivity contribution >= 4 is 17.5 Å². The van der Waals surface area contributed by atoms with Crippen LogP contribution in [-0.4, -0.2) is 51.7 Å². The number of rotatable bonds is 7. The zero-order valence-corrected chi connectivity index (χ0v) is 20.4. The molecule has 1 aliphatic heterocycles. The van der Waals surface area contributed by atoms with Gasteiger partial charge in [0, 0.05) is 25.2 Å². The third-order valence-corrected chi connectivity index (χ3v) is 6.45. The number of H-pyrrole nitrogens is 1. The van der Waals surface area contributed by atoms with Gasteiger partial charge in [-0.3, -0.25) is 10.4 Å². The fourth-order valence-electron chi connectivity index (χ4n) is 4.62. The molecular formula is C26H27F2N7O2. The quantitative estimate of drug-likeness (QED) is 0.345. The molecule has 0 aliphatic carbocycles. The summed E-state index contributed by atoms with van der Waals surface area (Å²) in [5.74, 6) is -1.22. The van der Waals surface area contributed by atoms with Gasteiger partial charge in [-0.25, -0.2) is 18.3 Å². The van der Waals surface area contributed by atoms with Crippen molar-refractivity contribution in [2.45, 2.75) is 25.8 Å². The predicted molar refractivity (Wildman–Crippen MR) is 135 cm³/mol. The minimum atomic E-state index is -0.923. The number of urea groups is 1. The largest absolute Gasteiger partial charge is 0.477 e. The van der Waals surface area contributed by atoms with Crippen LogP contribution in [-0.2, 0) is 0 Å². The molecule has 2 atom stereocenters. The van der Waals surface area contributed by atoms with Crippen molar-refractivity contribution in [3.05, 3.63) is 83.7 Å². The van der Waals surface area contributed by atoms with Gasteiger partial charge in [0.2, 0.25) is 5.88 Å². The second-order valence-electron chi connectivity index (χ2n) is 8.81. The molecule has 4 aromatic rings. The second-order valence-corrected chi connectivity index (χ2v) is 8.81. The summed E-state index contributed by atoms with van der Waals surface area (Å²) in [6.45, 7) is 5.07. The molecule has 11 heteroatoms. The third-order valence-electron chi connectivity index (χ3n) is 6.45. The number of hydrogen-bond acceptors (Lipinski definition) is 5. The zero-order valence-electron chi connectivity index (χ0n) is 20.4. The number of carbonyl (C=O) groups excluding carboxylic acids is 1. The Labute approximate surface area is 212 Å². The minimum absolute atomic E-state index is 0.283. The van der Waals surface area contributed by atoms with Crippen LogP contribution in [0.5, 0.6) is 5.88 Å². The predicted octanol–water partition coefficient (Wildman–Crippen LogP) is 4.37. The Kier molecular flexibility index (Phi) is 6.76. The molecule has 1 fully saturated rings. The van der Waals surface area contributed by atoms with Crippen molar-refractivity contribution in [3.63, 3.8) is 0 Å². The summed E-state index contributed by atoms with van der Waals surface area (Å²) in [6, 6.07) is 12.4. The summed E-state index contributed by atoms with van der Waals surface area (Å²) >= 11 is 0. The molecule has 3 N–H and O–H groups in total. The maximum absolute atomic E-state index is 14.1. The molecule has 0 spiro atoms. The highest BCUT2D eigenvalue weighted by molar-refractivity contribution is 5.90. The van der Waals surface area contributed by atoms with Gasteiger partial charge in [-0.1, -0.05) is 24.3 Å². The van der Waals surface area contributed by atoms with E-state index in [2.05, 4.69) is 25.9 Å². The molecule has 3 heterocycles. The van der Waals surface area contributed by atoms with E-state index in [1.807, 2.05) is 49.1 Å². The second kappa shape index (κ2) is 10.3. The first-order valence-corrected chi connectivity index (χ1v) is 12.0. The van der Waals surface area contributed by atoms with Crippen molar-refractivity contribution in [3.8, 4) is 11.6 Å². The van der Waals surface area contributed by atoms with Gasteiger partial charge in [0.1, 0.15) is 5.82 Å². The minimum Gasteiger partial charge on any atom is -0.477 e. The Hall–Kier alpha value is -4.41. The standard InChI is InChI=1S/C26H27F2N7O2/c1-3-37-25-16(2)24(35(33-25)18-7-5-4-6-8-18)32-26(36)31-23-15-34(19-12-29-30-13-19)14-20(23)17-9-10-21(27)22(28)11-17/h4-13,20,23H,3,14-15H2,1-2H3,(H,29,30)(H2,31,32,36)/t20-,23+/m0/s1. The van der Waals surface area contributed by atoms with E-state index in [0.29, 0.717) is 42.5 Å². The van der Waals surface area contributed by atoms with Crippen molar-refractivity contribution in [1.82, 2.24) is 25.3 Å². The molecule has 5 rings (SSSR count). The molecule has 9 nitrogen and oxygen atoms in total. The van der Waals surface area contributed by atoms with Crippen LogP contribution in [0.2, 0.25) is 0 Å². The van der Waals surface area contributed by atoms with E-state index in [4.69, 9.17) is 4.74 Å². The Morgan fingerprint density at radius 3 is 2.65 bits per heavy atom. The molecule has 1 saturated heterocycles. The number of anilines is 2. The fourth-order valence-corrected chi connectivity index (χ4v) is 4.62. The number of ether oxygens (including phenoxy) is 1. The SMILES string of the molecule is CCOc1nn(-c2ccccc2)c(NC(=O)N[C@@H]2CN(c3cn[nH]c3)C[C@H]2c2ccc(F)c(F)c2)c1C. The summed E-state index contributed by atoms with van der Waals surface area (Å²) in [5.41, 5.74) is 2.89. The first-order valence-electron chi connectivity index (χ1n) is 12.0. The number of carbonyl (C=O) groups is 1. The maximum atomic E-state index is 14.1. The van der Waals surface area contributed by atoms with E-state index in [0.717, 1.165) is 17.4 Å².